The molecule has 19 heavy (non-hydrogen) atoms. The van der Waals surface area contributed by atoms with Crippen LogP contribution in [0.5, 0.6) is 0 Å². The van der Waals surface area contributed by atoms with Crippen molar-refractivity contribution in [2.75, 3.05) is 11.9 Å². The minimum absolute atomic E-state index is 0.318. The van der Waals surface area contributed by atoms with Crippen LogP contribution in [0.15, 0.2) is 40.9 Å². The normalized spacial score (nSPS) is 10.5. The Kier molecular flexibility index (Phi) is 5.08. The highest BCUT2D eigenvalue weighted by atomic mass is 79.9. The molecule has 0 aliphatic heterocycles. The number of halogens is 3. The van der Waals surface area contributed by atoms with Crippen LogP contribution in [0.2, 0.25) is 5.02 Å². The van der Waals surface area contributed by atoms with E-state index in [-0.39, 0.29) is 0 Å². The Morgan fingerprint density at radius 1 is 1.16 bits per heavy atom. The topological polar surface area (TPSA) is 16.1 Å². The SMILES string of the molecule is CN(Cc1ccc(Br)cc1)c1ccc(Cl)c(CCl)n1. The van der Waals surface area contributed by atoms with Gasteiger partial charge in [0, 0.05) is 18.1 Å². The molecular weight excluding hydrogens is 347 g/mol. The van der Waals surface area contributed by atoms with Crippen LogP contribution in [0, 0.1) is 0 Å². The molecular formula is C14H13BrCl2N2. The van der Waals surface area contributed by atoms with Crippen molar-refractivity contribution in [1.29, 1.82) is 0 Å². The molecule has 0 spiro atoms. The number of anilines is 1. The van der Waals surface area contributed by atoms with Gasteiger partial charge in [0.25, 0.3) is 0 Å². The molecule has 2 aromatic rings. The molecule has 0 N–H and O–H groups in total. The Morgan fingerprint density at radius 2 is 1.84 bits per heavy atom. The molecule has 5 heteroatoms. The van der Waals surface area contributed by atoms with Gasteiger partial charge in [-0.1, -0.05) is 39.7 Å². The largest absolute Gasteiger partial charge is 0.355 e. The highest BCUT2D eigenvalue weighted by molar-refractivity contribution is 9.10. The van der Waals surface area contributed by atoms with Gasteiger partial charge >= 0.3 is 0 Å². The number of alkyl halides is 1. The van der Waals surface area contributed by atoms with Crippen molar-refractivity contribution in [3.8, 4) is 0 Å². The summed E-state index contributed by atoms with van der Waals surface area (Å²) in [4.78, 5) is 6.52. The number of aromatic nitrogens is 1. The monoisotopic (exact) mass is 358 g/mol. The summed E-state index contributed by atoms with van der Waals surface area (Å²) in [5.41, 5.74) is 1.93. The summed E-state index contributed by atoms with van der Waals surface area (Å²) in [7, 11) is 2.00. The summed E-state index contributed by atoms with van der Waals surface area (Å²) < 4.78 is 1.08. The van der Waals surface area contributed by atoms with Crippen molar-refractivity contribution in [2.24, 2.45) is 0 Å². The maximum absolute atomic E-state index is 6.01. The van der Waals surface area contributed by atoms with Crippen LogP contribution in [-0.2, 0) is 12.4 Å². The fourth-order valence-electron chi connectivity index (χ4n) is 1.72. The molecule has 0 aliphatic rings. The van der Waals surface area contributed by atoms with E-state index in [1.807, 2.05) is 31.3 Å². The molecule has 1 aromatic carbocycles. The third-order valence-electron chi connectivity index (χ3n) is 2.75. The number of rotatable bonds is 4. The zero-order chi connectivity index (χ0) is 13.8. The van der Waals surface area contributed by atoms with Gasteiger partial charge in [0.15, 0.2) is 0 Å². The molecule has 0 amide bonds. The summed E-state index contributed by atoms with van der Waals surface area (Å²) in [6, 6.07) is 12.0. The molecule has 100 valence electrons. The standard InChI is InChI=1S/C14H13BrCl2N2/c1-19(9-10-2-4-11(15)5-3-10)14-7-6-12(17)13(8-16)18-14/h2-7H,8-9H2,1H3. The second-order valence-electron chi connectivity index (χ2n) is 4.21. The Morgan fingerprint density at radius 3 is 2.47 bits per heavy atom. The maximum atomic E-state index is 6.01. The van der Waals surface area contributed by atoms with E-state index in [0.717, 1.165) is 16.8 Å². The molecule has 1 heterocycles. The van der Waals surface area contributed by atoms with E-state index in [1.54, 1.807) is 0 Å². The van der Waals surface area contributed by atoms with Gasteiger partial charge in [0.1, 0.15) is 5.82 Å². The van der Waals surface area contributed by atoms with E-state index in [0.29, 0.717) is 16.6 Å². The second kappa shape index (κ2) is 6.60. The molecule has 0 unspecified atom stereocenters. The van der Waals surface area contributed by atoms with Crippen LogP contribution < -0.4 is 4.90 Å². The fraction of sp³-hybridized carbons (Fsp3) is 0.214. The van der Waals surface area contributed by atoms with Gasteiger partial charge in [-0.2, -0.15) is 0 Å². The molecule has 0 saturated carbocycles. The summed E-state index contributed by atoms with van der Waals surface area (Å²) in [6.45, 7) is 0.781. The van der Waals surface area contributed by atoms with Crippen molar-refractivity contribution in [2.45, 2.75) is 12.4 Å². The minimum atomic E-state index is 0.318. The lowest BCUT2D eigenvalue weighted by Gasteiger charge is -2.19. The fourth-order valence-corrected chi connectivity index (χ4v) is 2.43. The lowest BCUT2D eigenvalue weighted by molar-refractivity contribution is 0.891. The zero-order valence-corrected chi connectivity index (χ0v) is 13.5. The smallest absolute Gasteiger partial charge is 0.129 e. The molecule has 0 bridgehead atoms. The molecule has 0 atom stereocenters. The number of pyridine rings is 1. The molecule has 0 aliphatic carbocycles. The van der Waals surface area contributed by atoms with Gasteiger partial charge in [-0.05, 0) is 29.8 Å². The number of hydrogen-bond donors (Lipinski definition) is 0. The highest BCUT2D eigenvalue weighted by Gasteiger charge is 2.07. The Labute approximate surface area is 131 Å². The van der Waals surface area contributed by atoms with Crippen LogP contribution >= 0.6 is 39.1 Å². The van der Waals surface area contributed by atoms with Crippen molar-refractivity contribution in [1.82, 2.24) is 4.98 Å². The van der Waals surface area contributed by atoms with E-state index in [1.165, 1.54) is 5.56 Å². The summed E-state index contributed by atoms with van der Waals surface area (Å²) in [6.07, 6.45) is 0. The lowest BCUT2D eigenvalue weighted by Crippen LogP contribution is -2.18. The first kappa shape index (κ1) is 14.6. The molecule has 1 aromatic heterocycles. The molecule has 0 fully saturated rings. The molecule has 2 nitrogen and oxygen atoms in total. The Bertz CT molecular complexity index is 558. The first-order chi connectivity index (χ1) is 9.10. The average Bonchev–Trinajstić information content (AvgIpc) is 2.42. The minimum Gasteiger partial charge on any atom is -0.355 e. The van der Waals surface area contributed by atoms with Gasteiger partial charge in [0.2, 0.25) is 0 Å². The number of benzene rings is 1. The third kappa shape index (κ3) is 3.85. The van der Waals surface area contributed by atoms with Gasteiger partial charge in [0.05, 0.1) is 16.6 Å². The van der Waals surface area contributed by atoms with E-state index in [2.05, 4.69) is 37.9 Å². The predicted molar refractivity (Wildman–Crippen MR) is 85.1 cm³/mol. The first-order valence-corrected chi connectivity index (χ1v) is 7.47. The van der Waals surface area contributed by atoms with Crippen molar-refractivity contribution in [3.63, 3.8) is 0 Å². The molecule has 2 rings (SSSR count). The Balaban J connectivity index is 2.15. The van der Waals surface area contributed by atoms with Gasteiger partial charge in [-0.3, -0.25) is 0 Å². The number of nitrogens with zero attached hydrogens (tertiary/aromatic N) is 2. The first-order valence-electron chi connectivity index (χ1n) is 5.77. The summed E-state index contributed by atoms with van der Waals surface area (Å²) in [5, 5.41) is 0.607. The molecule has 0 saturated heterocycles. The van der Waals surface area contributed by atoms with Crippen LogP contribution in [0.1, 0.15) is 11.3 Å². The Hall–Kier alpha value is -0.770. The van der Waals surface area contributed by atoms with Crippen LogP contribution in [0.25, 0.3) is 0 Å². The predicted octanol–water partition coefficient (Wildman–Crippen LogP) is 4.87. The number of hydrogen-bond acceptors (Lipinski definition) is 2. The quantitative estimate of drug-likeness (QED) is 0.723. The van der Waals surface area contributed by atoms with Crippen molar-refractivity contribution < 1.29 is 0 Å². The average molecular weight is 360 g/mol. The maximum Gasteiger partial charge on any atom is 0.129 e. The second-order valence-corrected chi connectivity index (χ2v) is 5.80. The van der Waals surface area contributed by atoms with Gasteiger partial charge in [-0.25, -0.2) is 4.98 Å². The van der Waals surface area contributed by atoms with Crippen LogP contribution in [0.3, 0.4) is 0 Å². The van der Waals surface area contributed by atoms with Crippen molar-refractivity contribution in [3.05, 3.63) is 57.2 Å². The van der Waals surface area contributed by atoms with Gasteiger partial charge < -0.3 is 4.90 Å². The highest BCUT2D eigenvalue weighted by Crippen LogP contribution is 2.21. The van der Waals surface area contributed by atoms with E-state index >= 15 is 0 Å². The van der Waals surface area contributed by atoms with E-state index in [4.69, 9.17) is 23.2 Å². The van der Waals surface area contributed by atoms with Gasteiger partial charge in [-0.15, -0.1) is 11.6 Å². The third-order valence-corrected chi connectivity index (χ3v) is 3.88. The van der Waals surface area contributed by atoms with E-state index in [9.17, 15) is 0 Å². The van der Waals surface area contributed by atoms with Crippen molar-refractivity contribution >= 4 is 44.9 Å². The van der Waals surface area contributed by atoms with Crippen LogP contribution in [-0.4, -0.2) is 12.0 Å². The van der Waals surface area contributed by atoms with E-state index < -0.39 is 0 Å². The zero-order valence-electron chi connectivity index (χ0n) is 10.4. The lowest BCUT2D eigenvalue weighted by atomic mass is 10.2. The summed E-state index contributed by atoms with van der Waals surface area (Å²) >= 11 is 15.3. The molecule has 0 radical (unpaired) electrons. The summed E-state index contributed by atoms with van der Waals surface area (Å²) in [5.74, 6) is 1.18. The van der Waals surface area contributed by atoms with Crippen LogP contribution in [0.4, 0.5) is 5.82 Å².